The van der Waals surface area contributed by atoms with E-state index in [2.05, 4.69) is 10.3 Å². The summed E-state index contributed by atoms with van der Waals surface area (Å²) in [7, 11) is 1.63. The van der Waals surface area contributed by atoms with Crippen molar-refractivity contribution in [1.29, 1.82) is 0 Å². The van der Waals surface area contributed by atoms with Gasteiger partial charge in [-0.3, -0.25) is 9.78 Å². The van der Waals surface area contributed by atoms with Crippen LogP contribution in [0.3, 0.4) is 0 Å². The van der Waals surface area contributed by atoms with Crippen LogP contribution in [0.5, 0.6) is 5.75 Å². The third-order valence-corrected chi connectivity index (χ3v) is 6.37. The number of carbonyl (C=O) groups is 1. The molecule has 2 aromatic heterocycles. The van der Waals surface area contributed by atoms with E-state index in [4.69, 9.17) is 32.9 Å². The van der Waals surface area contributed by atoms with Crippen LogP contribution in [0.2, 0.25) is 10.0 Å². The summed E-state index contributed by atoms with van der Waals surface area (Å²) in [6.45, 7) is 0.0575. The maximum Gasteiger partial charge on any atom is 0.244 e. The molecule has 184 valence electrons. The number of aromatic nitrogens is 3. The Balaban J connectivity index is 1.46. The molecule has 37 heavy (non-hydrogen) atoms. The van der Waals surface area contributed by atoms with Gasteiger partial charge in [-0.25, -0.2) is 4.98 Å². The summed E-state index contributed by atoms with van der Waals surface area (Å²) in [5.41, 5.74) is 3.06. The molecule has 0 bridgehead atoms. The summed E-state index contributed by atoms with van der Waals surface area (Å²) in [5.74, 6) is 1.20. The predicted molar refractivity (Wildman–Crippen MR) is 150 cm³/mol. The van der Waals surface area contributed by atoms with E-state index in [1.165, 1.54) is 0 Å². The van der Waals surface area contributed by atoms with E-state index in [-0.39, 0.29) is 12.5 Å². The molecule has 5 aromatic rings. The second kappa shape index (κ2) is 10.9. The molecule has 0 aliphatic carbocycles. The number of rotatable bonds is 7. The van der Waals surface area contributed by atoms with Crippen molar-refractivity contribution in [3.8, 4) is 17.0 Å². The van der Waals surface area contributed by atoms with E-state index in [9.17, 15) is 4.79 Å². The van der Waals surface area contributed by atoms with E-state index in [1.54, 1.807) is 36.2 Å². The molecule has 0 radical (unpaired) electrons. The van der Waals surface area contributed by atoms with E-state index in [1.807, 2.05) is 72.9 Å². The van der Waals surface area contributed by atoms with Crippen LogP contribution in [0, 0.1) is 0 Å². The highest BCUT2D eigenvalue weighted by atomic mass is 35.5. The average Bonchev–Trinajstić information content (AvgIpc) is 3.29. The number of anilines is 1. The fraction of sp³-hybridized carbons (Fsp3) is 0.0690. The Hall–Kier alpha value is -4.13. The fourth-order valence-electron chi connectivity index (χ4n) is 3.98. The van der Waals surface area contributed by atoms with Crippen LogP contribution >= 0.6 is 23.2 Å². The number of halogens is 2. The summed E-state index contributed by atoms with van der Waals surface area (Å²) in [6, 6.07) is 20.5. The van der Waals surface area contributed by atoms with Gasteiger partial charge in [-0.2, -0.15) is 0 Å². The first-order chi connectivity index (χ1) is 18.0. The molecule has 8 heteroatoms. The van der Waals surface area contributed by atoms with Gasteiger partial charge in [0.05, 0.1) is 17.8 Å². The quantitative estimate of drug-likeness (QED) is 0.242. The van der Waals surface area contributed by atoms with Crippen LogP contribution in [0.1, 0.15) is 11.4 Å². The monoisotopic (exact) mass is 528 g/mol. The van der Waals surface area contributed by atoms with Crippen molar-refractivity contribution in [2.24, 2.45) is 0 Å². The van der Waals surface area contributed by atoms with Gasteiger partial charge in [0.1, 0.15) is 18.1 Å². The van der Waals surface area contributed by atoms with Gasteiger partial charge in [0.25, 0.3) is 0 Å². The van der Waals surface area contributed by atoms with Crippen molar-refractivity contribution in [2.45, 2.75) is 6.54 Å². The van der Waals surface area contributed by atoms with Crippen molar-refractivity contribution in [1.82, 2.24) is 14.5 Å². The van der Waals surface area contributed by atoms with Crippen molar-refractivity contribution in [2.75, 3.05) is 12.4 Å². The lowest BCUT2D eigenvalue weighted by molar-refractivity contribution is -0.116. The molecule has 1 amide bonds. The van der Waals surface area contributed by atoms with Gasteiger partial charge in [0.15, 0.2) is 0 Å². The van der Waals surface area contributed by atoms with Gasteiger partial charge in [-0.1, -0.05) is 53.5 Å². The first-order valence-corrected chi connectivity index (χ1v) is 12.2. The molecule has 0 fully saturated rings. The number of hydrogen-bond donors (Lipinski definition) is 1. The van der Waals surface area contributed by atoms with Gasteiger partial charge >= 0.3 is 0 Å². The highest BCUT2D eigenvalue weighted by Crippen LogP contribution is 2.30. The van der Waals surface area contributed by atoms with Crippen LogP contribution in [0.25, 0.3) is 34.2 Å². The summed E-state index contributed by atoms with van der Waals surface area (Å²) >= 11 is 12.5. The van der Waals surface area contributed by atoms with Crippen molar-refractivity contribution >= 4 is 57.7 Å². The first kappa shape index (κ1) is 24.6. The molecule has 3 aromatic carbocycles. The molecule has 6 nitrogen and oxygen atoms in total. The summed E-state index contributed by atoms with van der Waals surface area (Å²) in [6.07, 6.45) is 9.09. The molecular formula is C29H22Cl2N4O2. The smallest absolute Gasteiger partial charge is 0.244 e. The van der Waals surface area contributed by atoms with Crippen LogP contribution in [0.15, 0.2) is 85.3 Å². The number of methoxy groups -OCH3 is 1. The van der Waals surface area contributed by atoms with E-state index < -0.39 is 0 Å². The molecule has 0 saturated heterocycles. The Morgan fingerprint density at radius 1 is 1.05 bits per heavy atom. The Morgan fingerprint density at radius 2 is 1.89 bits per heavy atom. The normalized spacial score (nSPS) is 11.2. The number of hydrogen-bond acceptors (Lipinski definition) is 4. The number of pyridine rings is 1. The molecule has 0 atom stereocenters. The topological polar surface area (TPSA) is 69.0 Å². The maximum absolute atomic E-state index is 13.1. The zero-order valence-corrected chi connectivity index (χ0v) is 21.4. The lowest BCUT2D eigenvalue weighted by atomic mass is 10.1. The minimum Gasteiger partial charge on any atom is -0.497 e. The Labute approximate surface area is 224 Å². The van der Waals surface area contributed by atoms with E-state index in [0.717, 1.165) is 33.3 Å². The number of fused-ring (bicyclic) bond motifs is 1. The standard InChI is InChI=1S/C29H22Cl2N4O2/c1-37-22-9-5-19(6-10-22)7-12-28-33-27(24-11-8-21(30)15-25(24)31)17-35(28)18-29(36)34-26-4-2-3-20-16-32-14-13-23(20)26/h2-17H,18H2,1H3,(H,34,36)/b12-7+. The van der Waals surface area contributed by atoms with Gasteiger partial charge in [-0.05, 0) is 54.1 Å². The number of benzene rings is 3. The molecule has 1 N–H and O–H groups in total. The number of amides is 1. The molecule has 0 aliphatic heterocycles. The van der Waals surface area contributed by atoms with Crippen LogP contribution in [-0.4, -0.2) is 27.6 Å². The lowest BCUT2D eigenvalue weighted by Crippen LogP contribution is -2.19. The van der Waals surface area contributed by atoms with E-state index in [0.29, 0.717) is 21.6 Å². The van der Waals surface area contributed by atoms with Crippen LogP contribution < -0.4 is 10.1 Å². The zero-order chi connectivity index (χ0) is 25.8. The molecule has 2 heterocycles. The third-order valence-electron chi connectivity index (χ3n) is 5.82. The minimum absolute atomic E-state index is 0.0575. The largest absolute Gasteiger partial charge is 0.497 e. The fourth-order valence-corrected chi connectivity index (χ4v) is 4.48. The number of nitrogens with one attached hydrogen (secondary N) is 1. The highest BCUT2D eigenvalue weighted by molar-refractivity contribution is 6.36. The average molecular weight is 529 g/mol. The summed E-state index contributed by atoms with van der Waals surface area (Å²) in [5, 5.41) is 5.91. The van der Waals surface area contributed by atoms with Crippen molar-refractivity contribution in [3.63, 3.8) is 0 Å². The number of ether oxygens (including phenoxy) is 1. The predicted octanol–water partition coefficient (Wildman–Crippen LogP) is 7.22. The lowest BCUT2D eigenvalue weighted by Gasteiger charge is -2.10. The van der Waals surface area contributed by atoms with Crippen molar-refractivity contribution < 1.29 is 9.53 Å². The highest BCUT2D eigenvalue weighted by Gasteiger charge is 2.14. The third kappa shape index (κ3) is 5.66. The molecule has 0 spiro atoms. The van der Waals surface area contributed by atoms with Crippen molar-refractivity contribution in [3.05, 3.63) is 107 Å². The second-order valence-corrected chi connectivity index (χ2v) is 9.14. The number of carbonyl (C=O) groups excluding carboxylic acids is 1. The number of nitrogens with zero attached hydrogens (tertiary/aromatic N) is 3. The molecule has 0 saturated carbocycles. The van der Waals surface area contributed by atoms with Gasteiger partial charge in [0.2, 0.25) is 5.91 Å². The second-order valence-electron chi connectivity index (χ2n) is 8.29. The zero-order valence-electron chi connectivity index (χ0n) is 19.9. The Bertz CT molecular complexity index is 1610. The van der Waals surface area contributed by atoms with Gasteiger partial charge < -0.3 is 14.6 Å². The minimum atomic E-state index is -0.186. The number of imidazole rings is 1. The van der Waals surface area contributed by atoms with Crippen LogP contribution in [-0.2, 0) is 11.3 Å². The van der Waals surface area contributed by atoms with Gasteiger partial charge in [0, 0.05) is 45.6 Å². The molecule has 0 aliphatic rings. The van der Waals surface area contributed by atoms with Crippen LogP contribution in [0.4, 0.5) is 5.69 Å². The molecule has 5 rings (SSSR count). The van der Waals surface area contributed by atoms with E-state index >= 15 is 0 Å². The molecule has 0 unspecified atom stereocenters. The Kier molecular flexibility index (Phi) is 7.21. The Morgan fingerprint density at radius 3 is 2.68 bits per heavy atom. The maximum atomic E-state index is 13.1. The summed E-state index contributed by atoms with van der Waals surface area (Å²) in [4.78, 5) is 22.0. The SMILES string of the molecule is COc1ccc(/C=C/c2nc(-c3ccc(Cl)cc3Cl)cn2CC(=O)Nc2cccc3cnccc23)cc1. The first-order valence-electron chi connectivity index (χ1n) is 11.5. The summed E-state index contributed by atoms with van der Waals surface area (Å²) < 4.78 is 7.03. The molecular weight excluding hydrogens is 507 g/mol. The van der Waals surface area contributed by atoms with Gasteiger partial charge in [-0.15, -0.1) is 0 Å².